The average molecular weight is 1270 g/mol. The van der Waals surface area contributed by atoms with Gasteiger partial charge in [0.15, 0.2) is 28.7 Å². The number of anilines is 6. The lowest BCUT2D eigenvalue weighted by Crippen LogP contribution is -2.27. The quantitative estimate of drug-likeness (QED) is 0.113. The third-order valence-electron chi connectivity index (χ3n) is 19.7. The van der Waals surface area contributed by atoms with Gasteiger partial charge in [-0.1, -0.05) is 182 Å². The normalized spacial score (nSPS) is 13.1. The zero-order chi connectivity index (χ0) is 66.0. The fraction of sp³-hybridized carbons (Fsp3) is 0.0549. The molecule has 0 unspecified atom stereocenters. The molecule has 0 amide bonds. The van der Waals surface area contributed by atoms with E-state index in [-0.39, 0.29) is 0 Å². The standard InChI is InChI=1S/C91H60N4O4/c1-93-72-29-35-80-79-34-28-59(58-92)44-83(79)91(84(80)53-72)85-54-75(94(77-32-38-87-89(56-77)98-42-40-96-87)73-26-14-24-64(51-73)70-47-66(60-16-6-2-7-17-60)45-67(48-70)61-18-8-3-9-19-61)30-36-81(85)82-37-31-76(55-86(82)91)95(78-33-39-88-90(57-78)99-43-41-97-88)74-27-15-25-65(52-74)71-49-68(62-20-10-4-11-21-62)46-69(50-71)63-22-12-5-13-23-63/h2-39,44-57H,40-43H2. The Morgan fingerprint density at radius 3 is 1.01 bits per heavy atom. The van der Waals surface area contributed by atoms with Gasteiger partial charge in [-0.2, -0.15) is 5.26 Å². The van der Waals surface area contributed by atoms with Crippen molar-refractivity contribution < 1.29 is 18.9 Å². The van der Waals surface area contributed by atoms with E-state index in [4.69, 9.17) is 25.5 Å². The van der Waals surface area contributed by atoms with Gasteiger partial charge in [-0.15, -0.1) is 0 Å². The first-order valence-corrected chi connectivity index (χ1v) is 33.4. The van der Waals surface area contributed by atoms with Crippen LogP contribution in [0.2, 0.25) is 0 Å². The molecule has 0 atom stereocenters. The van der Waals surface area contributed by atoms with Gasteiger partial charge in [0.1, 0.15) is 26.4 Å². The predicted molar refractivity (Wildman–Crippen MR) is 398 cm³/mol. The van der Waals surface area contributed by atoms with Gasteiger partial charge >= 0.3 is 0 Å². The van der Waals surface area contributed by atoms with E-state index in [1.807, 2.05) is 24.3 Å². The molecule has 4 aliphatic rings. The van der Waals surface area contributed by atoms with E-state index >= 15 is 0 Å². The van der Waals surface area contributed by atoms with E-state index in [2.05, 4.69) is 312 Å². The van der Waals surface area contributed by atoms with Crippen molar-refractivity contribution in [3.8, 4) is 118 Å². The van der Waals surface area contributed by atoms with E-state index in [0.717, 1.165) is 145 Å². The van der Waals surface area contributed by atoms with Crippen LogP contribution >= 0.6 is 0 Å². The van der Waals surface area contributed by atoms with Crippen molar-refractivity contribution >= 4 is 39.8 Å². The topological polar surface area (TPSA) is 71.6 Å². The van der Waals surface area contributed by atoms with Crippen LogP contribution in [0.4, 0.5) is 39.8 Å². The zero-order valence-corrected chi connectivity index (χ0v) is 53.8. The zero-order valence-electron chi connectivity index (χ0n) is 53.8. The highest BCUT2D eigenvalue weighted by Gasteiger charge is 2.52. The molecule has 14 aromatic carbocycles. The SMILES string of the molecule is [C-]#[N+]c1ccc2c(c1)C1(c3cc(C#N)ccc3-2)c2cc(N(c3cccc(-c4cc(-c5ccccc5)cc(-c5ccccc5)c4)c3)c3ccc4c(c3)OCCO4)ccc2-c2ccc(N(c3cccc(-c4cc(-c5ccccc5)cc(-c5ccccc5)c4)c3)c3ccc4c(c3)OCCO4)cc21. The van der Waals surface area contributed by atoms with Gasteiger partial charge in [0, 0.05) is 34.9 Å². The third-order valence-corrected chi connectivity index (χ3v) is 19.7. The van der Waals surface area contributed by atoms with E-state index in [9.17, 15) is 5.26 Å². The maximum absolute atomic E-state index is 11.0. The molecule has 0 N–H and O–H groups in total. The molecule has 2 aliphatic heterocycles. The summed E-state index contributed by atoms with van der Waals surface area (Å²) in [5.74, 6) is 2.72. The molecule has 8 heteroatoms. The third kappa shape index (κ3) is 10.2. The Balaban J connectivity index is 0.847. The molecule has 0 fully saturated rings. The monoisotopic (exact) mass is 1270 g/mol. The average Bonchev–Trinajstić information content (AvgIpc) is 1.50. The van der Waals surface area contributed by atoms with Crippen LogP contribution in [0, 0.1) is 17.9 Å². The molecule has 0 bridgehead atoms. The minimum Gasteiger partial charge on any atom is -0.486 e. The summed E-state index contributed by atoms with van der Waals surface area (Å²) in [5.41, 5.74) is 26.7. The Kier molecular flexibility index (Phi) is 14.3. The van der Waals surface area contributed by atoms with Crippen molar-refractivity contribution in [2.24, 2.45) is 0 Å². The first kappa shape index (κ1) is 58.4. The summed E-state index contributed by atoms with van der Waals surface area (Å²) in [7, 11) is 0. The molecule has 14 aromatic rings. The summed E-state index contributed by atoms with van der Waals surface area (Å²) in [6.45, 7) is 10.4. The van der Waals surface area contributed by atoms with E-state index in [0.29, 0.717) is 60.7 Å². The maximum atomic E-state index is 11.0. The van der Waals surface area contributed by atoms with Gasteiger partial charge in [-0.25, -0.2) is 4.85 Å². The highest BCUT2D eigenvalue weighted by molar-refractivity contribution is 5.99. The molecule has 0 aromatic heterocycles. The van der Waals surface area contributed by atoms with Crippen molar-refractivity contribution in [3.05, 3.63) is 355 Å². The summed E-state index contributed by atoms with van der Waals surface area (Å²) in [6.07, 6.45) is 0. The molecule has 0 saturated carbocycles. The number of ether oxygens (including phenoxy) is 4. The van der Waals surface area contributed by atoms with Crippen molar-refractivity contribution in [2.45, 2.75) is 5.41 Å². The molecule has 0 saturated heterocycles. The predicted octanol–water partition coefficient (Wildman–Crippen LogP) is 22.9. The van der Waals surface area contributed by atoms with E-state index in [1.165, 1.54) is 0 Å². The molecule has 468 valence electrons. The second-order valence-electron chi connectivity index (χ2n) is 25.4. The first-order chi connectivity index (χ1) is 48.9. The molecule has 1 spiro atoms. The van der Waals surface area contributed by atoms with E-state index in [1.54, 1.807) is 0 Å². The lowest BCUT2D eigenvalue weighted by molar-refractivity contribution is 0.171. The lowest BCUT2D eigenvalue weighted by atomic mass is 9.70. The summed E-state index contributed by atoms with van der Waals surface area (Å²) in [5, 5.41) is 11.0. The number of hydrogen-bond donors (Lipinski definition) is 0. The first-order valence-electron chi connectivity index (χ1n) is 33.4. The lowest BCUT2D eigenvalue weighted by Gasteiger charge is -2.34. The number of rotatable bonds is 12. The summed E-state index contributed by atoms with van der Waals surface area (Å²) in [6, 6.07) is 114. The number of nitrogens with zero attached hydrogens (tertiary/aromatic N) is 4. The Labute approximate surface area is 575 Å². The molecule has 18 rings (SSSR count). The second kappa shape index (κ2) is 24.3. The number of hydrogen-bond acceptors (Lipinski definition) is 7. The van der Waals surface area contributed by atoms with Gasteiger partial charge in [-0.05, 0) is 233 Å². The van der Waals surface area contributed by atoms with Crippen molar-refractivity contribution in [1.82, 2.24) is 0 Å². The molecular weight excluding hydrogens is 1210 g/mol. The van der Waals surface area contributed by atoms with Crippen LogP contribution in [-0.2, 0) is 5.41 Å². The van der Waals surface area contributed by atoms with Gasteiger partial charge in [0.05, 0.1) is 35.0 Å². The summed E-state index contributed by atoms with van der Waals surface area (Å²) < 4.78 is 25.1. The highest BCUT2D eigenvalue weighted by atomic mass is 16.6. The fourth-order valence-electron chi connectivity index (χ4n) is 15.3. The largest absolute Gasteiger partial charge is 0.486 e. The van der Waals surface area contributed by atoms with Gasteiger partial charge in [0.25, 0.3) is 0 Å². The van der Waals surface area contributed by atoms with Crippen molar-refractivity contribution in [3.63, 3.8) is 0 Å². The van der Waals surface area contributed by atoms with Gasteiger partial charge in [0.2, 0.25) is 0 Å². The minimum absolute atomic E-state index is 0.431. The molecule has 2 heterocycles. The second-order valence-corrected chi connectivity index (χ2v) is 25.4. The Morgan fingerprint density at radius 1 is 0.283 bits per heavy atom. The van der Waals surface area contributed by atoms with Crippen LogP contribution in [0.15, 0.2) is 315 Å². The van der Waals surface area contributed by atoms with Crippen LogP contribution < -0.4 is 28.7 Å². The molecule has 99 heavy (non-hydrogen) atoms. The Hall–Kier alpha value is -13.1. The maximum Gasteiger partial charge on any atom is 0.187 e. The van der Waals surface area contributed by atoms with Crippen LogP contribution in [0.3, 0.4) is 0 Å². The Bertz CT molecular complexity index is 5160. The van der Waals surface area contributed by atoms with Crippen LogP contribution in [0.1, 0.15) is 27.8 Å². The van der Waals surface area contributed by atoms with Crippen molar-refractivity contribution in [2.75, 3.05) is 36.2 Å². The minimum atomic E-state index is -1.05. The fourth-order valence-corrected chi connectivity index (χ4v) is 15.3. The number of fused-ring (bicyclic) bond motifs is 12. The van der Waals surface area contributed by atoms with Gasteiger partial charge in [-0.3, -0.25) is 0 Å². The smallest absolute Gasteiger partial charge is 0.187 e. The number of nitriles is 1. The van der Waals surface area contributed by atoms with E-state index < -0.39 is 5.41 Å². The highest BCUT2D eigenvalue weighted by Crippen LogP contribution is 2.65. The molecular formula is C91H60N4O4. The van der Waals surface area contributed by atoms with Crippen LogP contribution in [0.5, 0.6) is 23.0 Å². The van der Waals surface area contributed by atoms with Crippen LogP contribution in [-0.4, -0.2) is 26.4 Å². The van der Waals surface area contributed by atoms with Crippen molar-refractivity contribution in [1.29, 1.82) is 5.26 Å². The summed E-state index contributed by atoms with van der Waals surface area (Å²) >= 11 is 0. The Morgan fingerprint density at radius 2 is 0.606 bits per heavy atom. The summed E-state index contributed by atoms with van der Waals surface area (Å²) in [4.78, 5) is 8.76. The van der Waals surface area contributed by atoms with Gasteiger partial charge < -0.3 is 28.7 Å². The molecule has 8 nitrogen and oxygen atoms in total. The van der Waals surface area contributed by atoms with Crippen LogP contribution in [0.25, 0.3) is 93.9 Å². The molecule has 0 radical (unpaired) electrons. The molecule has 2 aliphatic carbocycles. The number of benzene rings is 14.